The summed E-state index contributed by atoms with van der Waals surface area (Å²) < 4.78 is 5.92. The largest absolute Gasteiger partial charge is 0.458 e. The van der Waals surface area contributed by atoms with Crippen LogP contribution < -0.4 is 87.2 Å². The Morgan fingerprint density at radius 1 is 0.490 bits per heavy atom. The van der Waals surface area contributed by atoms with Crippen LogP contribution in [0, 0.1) is 23.7 Å². The van der Waals surface area contributed by atoms with E-state index in [2.05, 4.69) is 58.5 Å². The molecule has 1 heterocycles. The normalized spacial score (nSPS) is 20.4. The predicted octanol–water partition coefficient (Wildman–Crippen LogP) is -0.424. The van der Waals surface area contributed by atoms with Crippen molar-refractivity contribution in [3.63, 3.8) is 0 Å². The van der Waals surface area contributed by atoms with Gasteiger partial charge in [0, 0.05) is 6.42 Å². The number of esters is 1. The fourth-order valence-corrected chi connectivity index (χ4v) is 10.9. The number of benzene rings is 1. The summed E-state index contributed by atoms with van der Waals surface area (Å²) in [6, 6.07) is -4.60. The number of nitrogens with one attached hydrogen (secondary N) is 11. The molecule has 29 nitrogen and oxygen atoms in total. The number of hydrogen-bond acceptors (Lipinski definition) is 18. The van der Waals surface area contributed by atoms with Crippen molar-refractivity contribution < 1.29 is 62.3 Å². The van der Waals surface area contributed by atoms with Gasteiger partial charge in [-0.05, 0) is 159 Å². The van der Waals surface area contributed by atoms with Gasteiger partial charge >= 0.3 is 5.97 Å². The molecule has 0 bridgehead atoms. The van der Waals surface area contributed by atoms with Crippen LogP contribution in [0.25, 0.3) is 0 Å². The first-order valence-corrected chi connectivity index (χ1v) is 34.7. The van der Waals surface area contributed by atoms with Gasteiger partial charge in [0.15, 0.2) is 0 Å². The van der Waals surface area contributed by atoms with Crippen LogP contribution in [0.3, 0.4) is 0 Å². The maximum absolute atomic E-state index is 14.8. The number of unbranched alkanes of at least 4 members (excludes halogenated alkanes) is 4. The van der Waals surface area contributed by atoms with E-state index in [0.717, 1.165) is 5.56 Å². The zero-order valence-corrected chi connectivity index (χ0v) is 58.6. The zero-order valence-electron chi connectivity index (χ0n) is 58.6. The van der Waals surface area contributed by atoms with Crippen LogP contribution in [0.1, 0.15) is 183 Å². The highest BCUT2D eigenvalue weighted by Gasteiger charge is 2.41. The minimum absolute atomic E-state index is 0.0287. The molecule has 2 rings (SSSR count). The van der Waals surface area contributed by atoms with E-state index in [0.29, 0.717) is 90.0 Å². The van der Waals surface area contributed by atoms with Crippen LogP contribution in [0.15, 0.2) is 30.3 Å². The molecule has 21 N–H and O–H groups in total. The van der Waals surface area contributed by atoms with Crippen molar-refractivity contribution in [2.24, 2.45) is 52.3 Å². The van der Waals surface area contributed by atoms with Gasteiger partial charge in [-0.1, -0.05) is 111 Å². The van der Waals surface area contributed by atoms with E-state index in [9.17, 15) is 57.5 Å². The average molecular weight is 1360 g/mol. The fourth-order valence-electron chi connectivity index (χ4n) is 10.9. The minimum Gasteiger partial charge on any atom is -0.458 e. The first-order chi connectivity index (χ1) is 45.7. The van der Waals surface area contributed by atoms with E-state index >= 15 is 0 Å². The molecule has 1 aliphatic heterocycles. The summed E-state index contributed by atoms with van der Waals surface area (Å²) >= 11 is 0. The topological polar surface area (TPSA) is 476 Å². The molecule has 16 atom stereocenters. The van der Waals surface area contributed by atoms with Crippen molar-refractivity contribution in [1.82, 2.24) is 58.5 Å². The summed E-state index contributed by atoms with van der Waals surface area (Å²) in [6.45, 7) is 16.6. The molecule has 1 fully saturated rings. The summed E-state index contributed by atoms with van der Waals surface area (Å²) in [7, 11) is 1.64. The molecule has 1 aromatic carbocycles. The molecule has 96 heavy (non-hydrogen) atoms. The molecule has 0 aliphatic carbocycles. The fraction of sp³-hybridized carbons (Fsp3) is 0.731. The average Bonchev–Trinajstić information content (AvgIpc) is 1.31. The number of nitrogens with two attached hydrogens (primary N) is 5. The lowest BCUT2D eigenvalue weighted by Gasteiger charge is -2.32. The molecule has 29 heteroatoms. The van der Waals surface area contributed by atoms with E-state index in [-0.39, 0.29) is 58.2 Å². The maximum Gasteiger partial charge on any atom is 0.329 e. The molecular weight excluding hydrogens is 1240 g/mol. The quantitative estimate of drug-likeness (QED) is 0.0291. The molecule has 0 radical (unpaired) electrons. The van der Waals surface area contributed by atoms with Crippen LogP contribution in [-0.2, 0) is 68.7 Å². The highest BCUT2D eigenvalue weighted by atomic mass is 16.5. The third-order valence-corrected chi connectivity index (χ3v) is 18.1. The lowest BCUT2D eigenvalue weighted by Crippen LogP contribution is -2.63. The summed E-state index contributed by atoms with van der Waals surface area (Å²) in [5, 5.41) is 30.6. The van der Waals surface area contributed by atoms with Crippen molar-refractivity contribution in [3.8, 4) is 0 Å². The predicted molar refractivity (Wildman–Crippen MR) is 366 cm³/mol. The van der Waals surface area contributed by atoms with Crippen LogP contribution in [0.5, 0.6) is 0 Å². The molecular formula is C67H118N16O13. The second-order valence-electron chi connectivity index (χ2n) is 25.6. The molecule has 0 spiro atoms. The van der Waals surface area contributed by atoms with Crippen LogP contribution in [-0.4, -0.2) is 177 Å². The maximum atomic E-state index is 14.8. The molecule has 0 saturated carbocycles. The summed E-state index contributed by atoms with van der Waals surface area (Å²) in [5.41, 5.74) is 29.7. The number of rotatable bonds is 44. The van der Waals surface area contributed by atoms with Crippen molar-refractivity contribution in [2.45, 2.75) is 257 Å². The third-order valence-electron chi connectivity index (χ3n) is 18.1. The van der Waals surface area contributed by atoms with Gasteiger partial charge in [-0.3, -0.25) is 52.7 Å². The van der Waals surface area contributed by atoms with Gasteiger partial charge in [-0.25, -0.2) is 4.79 Å². The number of primary amides is 1. The van der Waals surface area contributed by atoms with E-state index < -0.39 is 167 Å². The van der Waals surface area contributed by atoms with Gasteiger partial charge in [0.25, 0.3) is 0 Å². The molecule has 1 aliphatic rings. The molecule has 1 aromatic rings. The van der Waals surface area contributed by atoms with Crippen molar-refractivity contribution >= 4 is 70.9 Å². The number of cyclic esters (lactones) is 1. The molecule has 0 aromatic heterocycles. The summed E-state index contributed by atoms with van der Waals surface area (Å²) in [4.78, 5) is 171. The van der Waals surface area contributed by atoms with Crippen molar-refractivity contribution in [1.29, 1.82) is 0 Å². The summed E-state index contributed by atoms with van der Waals surface area (Å²) in [6.07, 6.45) is 3.44. The summed E-state index contributed by atoms with van der Waals surface area (Å²) in [5.74, 6) is -11.4. The lowest BCUT2D eigenvalue weighted by atomic mass is 9.94. The molecule has 11 amide bonds. The highest BCUT2D eigenvalue weighted by Crippen LogP contribution is 2.19. The Morgan fingerprint density at radius 3 is 1.33 bits per heavy atom. The smallest absolute Gasteiger partial charge is 0.329 e. The van der Waals surface area contributed by atoms with Gasteiger partial charge in [0.1, 0.15) is 66.5 Å². The first-order valence-electron chi connectivity index (χ1n) is 34.7. The van der Waals surface area contributed by atoms with E-state index in [1.807, 2.05) is 44.2 Å². The Labute approximate surface area is 567 Å². The highest BCUT2D eigenvalue weighted by molar-refractivity contribution is 5.99. The Hall–Kier alpha value is -7.34. The number of likely N-dealkylation sites (N-methyl/N-ethyl adjacent to an activating group) is 1. The number of carbonyl (C=O) groups is 12. The Bertz CT molecular complexity index is 2620. The lowest BCUT2D eigenvalue weighted by molar-refractivity contribution is -0.157. The van der Waals surface area contributed by atoms with E-state index in [4.69, 9.17) is 33.4 Å². The second-order valence-corrected chi connectivity index (χ2v) is 25.6. The first kappa shape index (κ1) is 84.7. The van der Waals surface area contributed by atoms with E-state index in [1.54, 1.807) is 48.6 Å². The van der Waals surface area contributed by atoms with Crippen LogP contribution >= 0.6 is 0 Å². The number of amides is 11. The number of ether oxygens (including phenoxy) is 1. The molecule has 0 unspecified atom stereocenters. The van der Waals surface area contributed by atoms with Gasteiger partial charge in [-0.2, -0.15) is 0 Å². The zero-order chi connectivity index (χ0) is 72.0. The van der Waals surface area contributed by atoms with Gasteiger partial charge in [0.2, 0.25) is 65.0 Å². The monoisotopic (exact) mass is 1350 g/mol. The number of hydrogen-bond donors (Lipinski definition) is 16. The number of carbonyl (C=O) groups excluding carboxylic acids is 12. The standard InChI is InChI=1S/C67H118N16O13/c1-11-39(5)52(80-62(90)50(73-10)38-44-26-16-15-17-27-44)63(91)76-45(28-18-22-34-68)58(86)75-49(32-33-51(72)84)61(89)79-54(41(7)13-3)65(93)81-53(40(6)12-2)64(92)77-48(31-21-25-37-71)60(88)83-56-43(9)96-67(95)55(42(8)14-4)82-59(87)47(30-20-24-36-70)74-57(85)46(78-66(56)94)29-19-23-35-69/h15-17,26-27,39-43,45-50,52-56,73H,11-14,18-25,28-38,68-71H2,1-10H3,(H2,72,84)(H,74,85)(H,75,86)(H,76,91)(H,77,92)(H,78,94)(H,79,89)(H,80,90)(H,81,93)(H,82,87)(H,83,88)/t39-,40-,41-,42-,43-,45-,46-,47-,48-,49+,50+,52-,53-,54+,55-,56+/m0/s1. The molecule has 1 saturated heterocycles. The van der Waals surface area contributed by atoms with Crippen LogP contribution in [0.4, 0.5) is 0 Å². The van der Waals surface area contributed by atoms with Crippen molar-refractivity contribution in [3.05, 3.63) is 35.9 Å². The third kappa shape index (κ3) is 29.2. The van der Waals surface area contributed by atoms with Gasteiger partial charge < -0.3 is 91.9 Å². The SMILES string of the molecule is CC[C@H](C)[C@H](NC(=O)[C@@H](Cc1ccccc1)NC)C(=O)N[C@@H](CCCCN)C(=O)N[C@H](CCC(N)=O)C(=O)N[C@@H](C(=O)N[C@H](C(=O)N[C@@H](CCCCN)C(=O)N[C@H]1C(=O)N[C@@H](CCCCN)C(=O)N[C@@H](CCCCN)C(=O)N[C@@H]([C@@H](C)CC)C(=O)O[C@H]1C)[C@@H](C)CC)[C@@H](C)CC. The van der Waals surface area contributed by atoms with Crippen molar-refractivity contribution in [2.75, 3.05) is 33.2 Å². The second kappa shape index (κ2) is 46.0. The van der Waals surface area contributed by atoms with Gasteiger partial charge in [-0.15, -0.1) is 0 Å². The van der Waals surface area contributed by atoms with E-state index in [1.165, 1.54) is 6.92 Å². The minimum atomic E-state index is -1.68. The van der Waals surface area contributed by atoms with Gasteiger partial charge in [0.05, 0.1) is 6.04 Å². The Balaban J connectivity index is 2.59. The van der Waals surface area contributed by atoms with Crippen LogP contribution in [0.2, 0.25) is 0 Å². The molecule has 544 valence electrons. The Kier molecular flexibility index (Phi) is 40.6. The Morgan fingerprint density at radius 2 is 0.885 bits per heavy atom.